The smallest absolute Gasteiger partial charge is 0.191 e. The van der Waals surface area contributed by atoms with Gasteiger partial charge in [0.2, 0.25) is 0 Å². The number of benzene rings is 2. The van der Waals surface area contributed by atoms with E-state index in [1.54, 1.807) is 7.05 Å². The number of ether oxygens (including phenoxy) is 1. The fraction of sp³-hybridized carbons (Fsp3) is 0.435. The van der Waals surface area contributed by atoms with Crippen molar-refractivity contribution in [2.24, 2.45) is 4.99 Å². The Morgan fingerprint density at radius 2 is 1.93 bits per heavy atom. The molecule has 0 radical (unpaired) electrons. The van der Waals surface area contributed by atoms with Gasteiger partial charge < -0.3 is 15.4 Å². The van der Waals surface area contributed by atoms with Crippen LogP contribution in [0.15, 0.2) is 53.5 Å². The Balaban J connectivity index is 1.82. The second kappa shape index (κ2) is 12.3. The molecule has 5 nitrogen and oxygen atoms in total. The summed E-state index contributed by atoms with van der Waals surface area (Å²) in [4.78, 5) is 4.26. The minimum Gasteiger partial charge on any atom is -0.490 e. The van der Waals surface area contributed by atoms with Gasteiger partial charge in [-0.15, -0.1) is 0 Å². The predicted molar refractivity (Wildman–Crippen MR) is 123 cm³/mol. The molecule has 2 atom stereocenters. The Morgan fingerprint density at radius 3 is 2.62 bits per heavy atom. The maximum absolute atomic E-state index is 12.3. The van der Waals surface area contributed by atoms with Gasteiger partial charge >= 0.3 is 0 Å². The lowest BCUT2D eigenvalue weighted by molar-refractivity contribution is 0.215. The number of nitrogens with zero attached hydrogens (tertiary/aromatic N) is 1. The van der Waals surface area contributed by atoms with Gasteiger partial charge in [0, 0.05) is 48.0 Å². The Labute approximate surface area is 177 Å². The summed E-state index contributed by atoms with van der Waals surface area (Å²) < 4.78 is 18.3. The van der Waals surface area contributed by atoms with Crippen LogP contribution in [0.25, 0.3) is 0 Å². The van der Waals surface area contributed by atoms with Gasteiger partial charge in [0.15, 0.2) is 5.96 Å². The van der Waals surface area contributed by atoms with Gasteiger partial charge in [0.05, 0.1) is 6.10 Å². The minimum atomic E-state index is -0.909. The lowest BCUT2D eigenvalue weighted by Crippen LogP contribution is -2.38. The molecule has 0 aliphatic rings. The molecule has 0 fully saturated rings. The molecule has 2 rings (SSSR count). The standard InChI is InChI=1S/C23H33N3O2S/c1-5-19(3)28-22-15-18(2)11-12-21(22)16-26-23(24-4)25-13-14-29(27)17-20-9-7-6-8-10-20/h6-12,15,19H,5,13-14,16-17H2,1-4H3,(H2,24,25,26). The molecule has 0 saturated carbocycles. The average Bonchev–Trinajstić information content (AvgIpc) is 2.72. The monoisotopic (exact) mass is 415 g/mol. The molecule has 2 aromatic rings. The van der Waals surface area contributed by atoms with Crippen LogP contribution in [-0.4, -0.2) is 35.6 Å². The van der Waals surface area contributed by atoms with Gasteiger partial charge in [0.25, 0.3) is 0 Å². The normalized spacial score (nSPS) is 13.6. The number of hydrogen-bond donors (Lipinski definition) is 2. The molecule has 0 heterocycles. The SMILES string of the molecule is CCC(C)Oc1cc(C)ccc1CNC(=NC)NCCS(=O)Cc1ccccc1. The first-order valence-corrected chi connectivity index (χ1v) is 11.6. The number of rotatable bonds is 10. The van der Waals surface area contributed by atoms with E-state index < -0.39 is 10.8 Å². The van der Waals surface area contributed by atoms with Crippen LogP contribution in [-0.2, 0) is 23.1 Å². The van der Waals surface area contributed by atoms with Crippen LogP contribution in [0, 0.1) is 6.92 Å². The third-order valence-corrected chi connectivity index (χ3v) is 5.90. The summed E-state index contributed by atoms with van der Waals surface area (Å²) in [5, 5.41) is 6.56. The number of hydrogen-bond acceptors (Lipinski definition) is 3. The molecule has 158 valence electrons. The number of aliphatic imine (C=N–C) groups is 1. The second-order valence-corrected chi connectivity index (χ2v) is 8.65. The zero-order valence-corrected chi connectivity index (χ0v) is 18.7. The van der Waals surface area contributed by atoms with E-state index in [0.29, 0.717) is 30.6 Å². The maximum Gasteiger partial charge on any atom is 0.191 e. The highest BCUT2D eigenvalue weighted by atomic mass is 32.2. The van der Waals surface area contributed by atoms with E-state index in [1.165, 1.54) is 5.56 Å². The van der Waals surface area contributed by atoms with E-state index in [2.05, 4.69) is 54.6 Å². The first-order valence-electron chi connectivity index (χ1n) is 10.1. The predicted octanol–water partition coefficient (Wildman–Crippen LogP) is 3.79. The Kier molecular flexibility index (Phi) is 9.71. The summed E-state index contributed by atoms with van der Waals surface area (Å²) in [7, 11) is 0.829. The molecule has 0 spiro atoms. The van der Waals surface area contributed by atoms with Crippen LogP contribution in [0.3, 0.4) is 0 Å². The summed E-state index contributed by atoms with van der Waals surface area (Å²) in [5.41, 5.74) is 3.36. The lowest BCUT2D eigenvalue weighted by atomic mass is 10.1. The minimum absolute atomic E-state index is 0.174. The molecule has 0 aromatic heterocycles. The zero-order chi connectivity index (χ0) is 21.1. The summed E-state index contributed by atoms with van der Waals surface area (Å²) in [6.45, 7) is 7.47. The largest absolute Gasteiger partial charge is 0.490 e. The van der Waals surface area contributed by atoms with Crippen molar-refractivity contribution in [1.82, 2.24) is 10.6 Å². The van der Waals surface area contributed by atoms with E-state index in [4.69, 9.17) is 4.74 Å². The first kappa shape index (κ1) is 22.9. The molecular formula is C23H33N3O2S. The molecule has 2 N–H and O–H groups in total. The molecule has 0 amide bonds. The van der Waals surface area contributed by atoms with E-state index in [9.17, 15) is 4.21 Å². The van der Waals surface area contributed by atoms with Gasteiger partial charge in [-0.05, 0) is 37.5 Å². The van der Waals surface area contributed by atoms with Crippen LogP contribution in [0.5, 0.6) is 5.75 Å². The van der Waals surface area contributed by atoms with E-state index in [0.717, 1.165) is 23.3 Å². The Bertz CT molecular complexity index is 809. The van der Waals surface area contributed by atoms with Gasteiger partial charge in [-0.2, -0.15) is 0 Å². The zero-order valence-electron chi connectivity index (χ0n) is 17.9. The summed E-state index contributed by atoms with van der Waals surface area (Å²) >= 11 is 0. The summed E-state index contributed by atoms with van der Waals surface area (Å²) in [5.74, 6) is 2.75. The van der Waals surface area contributed by atoms with Crippen molar-refractivity contribution < 1.29 is 8.95 Å². The van der Waals surface area contributed by atoms with Gasteiger partial charge in [-0.3, -0.25) is 9.20 Å². The number of nitrogens with one attached hydrogen (secondary N) is 2. The number of guanidine groups is 1. The second-order valence-electron chi connectivity index (χ2n) is 7.07. The van der Waals surface area contributed by atoms with Gasteiger partial charge in [-0.25, -0.2) is 0 Å². The lowest BCUT2D eigenvalue weighted by Gasteiger charge is -2.18. The van der Waals surface area contributed by atoms with Crippen molar-refractivity contribution in [3.05, 3.63) is 65.2 Å². The van der Waals surface area contributed by atoms with Crippen LogP contribution in [0.1, 0.15) is 37.0 Å². The van der Waals surface area contributed by atoms with Crippen LogP contribution in [0.2, 0.25) is 0 Å². The van der Waals surface area contributed by atoms with Gasteiger partial charge in [-0.1, -0.05) is 49.4 Å². The third kappa shape index (κ3) is 8.28. The highest BCUT2D eigenvalue weighted by molar-refractivity contribution is 7.84. The quantitative estimate of drug-likeness (QED) is 0.458. The van der Waals surface area contributed by atoms with Crippen molar-refractivity contribution in [3.8, 4) is 5.75 Å². The molecule has 29 heavy (non-hydrogen) atoms. The molecule has 0 aliphatic carbocycles. The van der Waals surface area contributed by atoms with Crippen molar-refractivity contribution in [2.45, 2.75) is 45.6 Å². The van der Waals surface area contributed by atoms with Crippen molar-refractivity contribution in [2.75, 3.05) is 19.3 Å². The molecule has 0 aliphatic heterocycles. The Hall–Kier alpha value is -2.34. The molecule has 0 saturated heterocycles. The van der Waals surface area contributed by atoms with Crippen molar-refractivity contribution in [1.29, 1.82) is 0 Å². The third-order valence-electron chi connectivity index (χ3n) is 4.59. The Morgan fingerprint density at radius 1 is 1.17 bits per heavy atom. The fourth-order valence-corrected chi connectivity index (χ4v) is 3.77. The summed E-state index contributed by atoms with van der Waals surface area (Å²) in [6.07, 6.45) is 1.14. The van der Waals surface area contributed by atoms with E-state index >= 15 is 0 Å². The van der Waals surface area contributed by atoms with E-state index in [-0.39, 0.29) is 6.10 Å². The molecule has 0 bridgehead atoms. The summed E-state index contributed by atoms with van der Waals surface area (Å²) in [6, 6.07) is 16.2. The highest BCUT2D eigenvalue weighted by Gasteiger charge is 2.09. The first-order chi connectivity index (χ1) is 14.0. The van der Waals surface area contributed by atoms with Gasteiger partial charge in [0.1, 0.15) is 5.75 Å². The maximum atomic E-state index is 12.3. The number of aryl methyl sites for hydroxylation is 1. The molecule has 6 heteroatoms. The van der Waals surface area contributed by atoms with E-state index in [1.807, 2.05) is 30.3 Å². The van der Waals surface area contributed by atoms with Crippen LogP contribution in [0.4, 0.5) is 0 Å². The molecular weight excluding hydrogens is 382 g/mol. The van der Waals surface area contributed by atoms with Crippen LogP contribution < -0.4 is 15.4 Å². The van der Waals surface area contributed by atoms with Crippen molar-refractivity contribution >= 4 is 16.8 Å². The molecule has 2 aromatic carbocycles. The molecule has 2 unspecified atom stereocenters. The highest BCUT2D eigenvalue weighted by Crippen LogP contribution is 2.22. The fourth-order valence-electron chi connectivity index (χ4n) is 2.73. The van der Waals surface area contributed by atoms with Crippen molar-refractivity contribution in [3.63, 3.8) is 0 Å². The average molecular weight is 416 g/mol. The van der Waals surface area contributed by atoms with Crippen LogP contribution >= 0.6 is 0 Å². The topological polar surface area (TPSA) is 62.7 Å².